The van der Waals surface area contributed by atoms with Gasteiger partial charge in [0.2, 0.25) is 0 Å². The number of aliphatic imine (C=N–C) groups is 1. The molecular formula is C18H30IN5O2. The minimum atomic E-state index is 0. The fraction of sp³-hybridized carbons (Fsp3) is 0.667. The zero-order chi connectivity index (χ0) is 17.3. The zero-order valence-electron chi connectivity index (χ0n) is 15.5. The number of halogens is 1. The molecule has 26 heavy (non-hydrogen) atoms. The predicted molar refractivity (Wildman–Crippen MR) is 113 cm³/mol. The van der Waals surface area contributed by atoms with Gasteiger partial charge < -0.3 is 19.7 Å². The molecule has 0 aromatic carbocycles. The van der Waals surface area contributed by atoms with Crippen LogP contribution in [-0.4, -0.2) is 86.9 Å². The molecule has 2 saturated heterocycles. The van der Waals surface area contributed by atoms with E-state index in [9.17, 15) is 0 Å². The molecule has 0 amide bonds. The van der Waals surface area contributed by atoms with Crippen molar-refractivity contribution in [2.75, 3.05) is 66.1 Å². The smallest absolute Gasteiger partial charge is 0.193 e. The fourth-order valence-electron chi connectivity index (χ4n) is 3.42. The van der Waals surface area contributed by atoms with Crippen molar-refractivity contribution in [1.82, 2.24) is 20.1 Å². The molecule has 1 unspecified atom stereocenters. The van der Waals surface area contributed by atoms with Crippen molar-refractivity contribution in [3.8, 4) is 5.75 Å². The van der Waals surface area contributed by atoms with Crippen LogP contribution in [0, 0.1) is 5.92 Å². The van der Waals surface area contributed by atoms with Gasteiger partial charge >= 0.3 is 0 Å². The van der Waals surface area contributed by atoms with E-state index in [1.807, 2.05) is 19.2 Å². The molecule has 0 spiro atoms. The van der Waals surface area contributed by atoms with Crippen LogP contribution in [-0.2, 0) is 4.74 Å². The van der Waals surface area contributed by atoms with Gasteiger partial charge in [0.05, 0.1) is 26.0 Å². The molecule has 2 fully saturated rings. The fourth-order valence-corrected chi connectivity index (χ4v) is 3.42. The van der Waals surface area contributed by atoms with Crippen molar-refractivity contribution < 1.29 is 9.47 Å². The maximum Gasteiger partial charge on any atom is 0.193 e. The predicted octanol–water partition coefficient (Wildman–Crippen LogP) is 1.31. The summed E-state index contributed by atoms with van der Waals surface area (Å²) in [4.78, 5) is 13.4. The van der Waals surface area contributed by atoms with Crippen LogP contribution in [0.25, 0.3) is 0 Å². The third-order valence-corrected chi connectivity index (χ3v) is 4.71. The minimum Gasteiger partial charge on any atom is -0.490 e. The molecule has 0 aliphatic carbocycles. The Bertz CT molecular complexity index is 540. The van der Waals surface area contributed by atoms with Crippen molar-refractivity contribution in [3.63, 3.8) is 0 Å². The second kappa shape index (κ2) is 11.6. The van der Waals surface area contributed by atoms with Gasteiger partial charge in [0.25, 0.3) is 0 Å². The lowest BCUT2D eigenvalue weighted by Crippen LogP contribution is -2.43. The number of rotatable bonds is 6. The highest BCUT2D eigenvalue weighted by molar-refractivity contribution is 14.0. The maximum absolute atomic E-state index is 5.67. The standard InChI is InChI=1S/C18H29N5O2.HI/c1-19-18(21-6-10-25-17-3-2-5-20-13-17)23-7-4-16(15-23)14-22-8-11-24-12-9-22;/h2-3,5,13,16H,4,6-12,14-15H2,1H3,(H,19,21);1H. The van der Waals surface area contributed by atoms with Gasteiger partial charge in [-0.2, -0.15) is 0 Å². The van der Waals surface area contributed by atoms with Crippen molar-refractivity contribution in [2.45, 2.75) is 6.42 Å². The number of likely N-dealkylation sites (tertiary alicyclic amines) is 1. The Morgan fingerprint density at radius 1 is 1.38 bits per heavy atom. The highest BCUT2D eigenvalue weighted by Crippen LogP contribution is 2.18. The Labute approximate surface area is 173 Å². The highest BCUT2D eigenvalue weighted by Gasteiger charge is 2.26. The number of nitrogens with zero attached hydrogens (tertiary/aromatic N) is 4. The summed E-state index contributed by atoms with van der Waals surface area (Å²) in [6.07, 6.45) is 4.70. The van der Waals surface area contributed by atoms with E-state index in [4.69, 9.17) is 9.47 Å². The molecule has 8 heteroatoms. The molecule has 1 N–H and O–H groups in total. The third kappa shape index (κ3) is 6.55. The van der Waals surface area contributed by atoms with Crippen LogP contribution < -0.4 is 10.1 Å². The lowest BCUT2D eigenvalue weighted by atomic mass is 10.1. The molecule has 3 rings (SSSR count). The van der Waals surface area contributed by atoms with E-state index >= 15 is 0 Å². The van der Waals surface area contributed by atoms with Gasteiger partial charge in [-0.05, 0) is 24.5 Å². The Morgan fingerprint density at radius 3 is 2.96 bits per heavy atom. The van der Waals surface area contributed by atoms with Crippen LogP contribution in [0.5, 0.6) is 5.75 Å². The Balaban J connectivity index is 0.00000243. The molecule has 2 aliphatic heterocycles. The SMILES string of the molecule is CN=C(NCCOc1cccnc1)N1CCC(CN2CCOCC2)C1.I. The quantitative estimate of drug-likeness (QED) is 0.290. The van der Waals surface area contributed by atoms with Gasteiger partial charge in [0.1, 0.15) is 12.4 Å². The number of morpholine rings is 1. The first-order valence-corrected chi connectivity index (χ1v) is 9.13. The van der Waals surface area contributed by atoms with Gasteiger partial charge in [0, 0.05) is 46.0 Å². The van der Waals surface area contributed by atoms with E-state index < -0.39 is 0 Å². The Hall–Kier alpha value is -1.13. The minimum absolute atomic E-state index is 0. The molecule has 0 radical (unpaired) electrons. The molecule has 1 atom stereocenters. The van der Waals surface area contributed by atoms with E-state index in [1.165, 1.54) is 13.0 Å². The third-order valence-electron chi connectivity index (χ3n) is 4.71. The first-order chi connectivity index (χ1) is 12.3. The van der Waals surface area contributed by atoms with Crippen LogP contribution >= 0.6 is 24.0 Å². The van der Waals surface area contributed by atoms with E-state index in [1.54, 1.807) is 12.4 Å². The lowest BCUT2D eigenvalue weighted by Gasteiger charge is -2.29. The first kappa shape index (κ1) is 21.2. The average molecular weight is 475 g/mol. The van der Waals surface area contributed by atoms with Crippen LogP contribution in [0.4, 0.5) is 0 Å². The Morgan fingerprint density at radius 2 is 2.23 bits per heavy atom. The number of pyridine rings is 1. The summed E-state index contributed by atoms with van der Waals surface area (Å²) < 4.78 is 11.1. The lowest BCUT2D eigenvalue weighted by molar-refractivity contribution is 0.0315. The molecule has 146 valence electrons. The summed E-state index contributed by atoms with van der Waals surface area (Å²) >= 11 is 0. The van der Waals surface area contributed by atoms with E-state index in [2.05, 4.69) is 25.1 Å². The largest absolute Gasteiger partial charge is 0.490 e. The molecule has 3 heterocycles. The maximum atomic E-state index is 5.67. The summed E-state index contributed by atoms with van der Waals surface area (Å²) in [7, 11) is 1.85. The van der Waals surface area contributed by atoms with Crippen molar-refractivity contribution in [2.24, 2.45) is 10.9 Å². The van der Waals surface area contributed by atoms with Gasteiger partial charge in [-0.15, -0.1) is 24.0 Å². The molecule has 1 aromatic rings. The van der Waals surface area contributed by atoms with E-state index in [0.717, 1.165) is 57.6 Å². The summed E-state index contributed by atoms with van der Waals surface area (Å²) in [5.74, 6) is 2.48. The summed E-state index contributed by atoms with van der Waals surface area (Å²) in [6.45, 7) is 8.50. The number of hydrogen-bond donors (Lipinski definition) is 1. The van der Waals surface area contributed by atoms with Crippen molar-refractivity contribution in [1.29, 1.82) is 0 Å². The summed E-state index contributed by atoms with van der Waals surface area (Å²) in [5, 5.41) is 3.40. The zero-order valence-corrected chi connectivity index (χ0v) is 17.8. The monoisotopic (exact) mass is 475 g/mol. The normalized spacial score (nSPS) is 21.3. The van der Waals surface area contributed by atoms with Gasteiger partial charge in [-0.3, -0.25) is 14.9 Å². The molecular weight excluding hydrogens is 445 g/mol. The van der Waals surface area contributed by atoms with E-state index in [0.29, 0.717) is 12.5 Å². The second-order valence-corrected chi connectivity index (χ2v) is 6.52. The summed E-state index contributed by atoms with van der Waals surface area (Å²) in [6, 6.07) is 3.79. The number of hydrogen-bond acceptors (Lipinski definition) is 5. The number of nitrogens with one attached hydrogen (secondary N) is 1. The Kier molecular flexibility index (Phi) is 9.41. The molecule has 2 aliphatic rings. The van der Waals surface area contributed by atoms with Crippen molar-refractivity contribution >= 4 is 29.9 Å². The molecule has 1 aromatic heterocycles. The first-order valence-electron chi connectivity index (χ1n) is 9.13. The number of aromatic nitrogens is 1. The van der Waals surface area contributed by atoms with Crippen LogP contribution in [0.1, 0.15) is 6.42 Å². The van der Waals surface area contributed by atoms with Crippen LogP contribution in [0.2, 0.25) is 0 Å². The average Bonchev–Trinajstić information content (AvgIpc) is 3.12. The topological polar surface area (TPSA) is 62.2 Å². The van der Waals surface area contributed by atoms with Crippen LogP contribution in [0.3, 0.4) is 0 Å². The van der Waals surface area contributed by atoms with Crippen molar-refractivity contribution in [3.05, 3.63) is 24.5 Å². The van der Waals surface area contributed by atoms with Gasteiger partial charge in [0.15, 0.2) is 5.96 Å². The molecule has 7 nitrogen and oxygen atoms in total. The van der Waals surface area contributed by atoms with Crippen LogP contribution in [0.15, 0.2) is 29.5 Å². The highest BCUT2D eigenvalue weighted by atomic mass is 127. The van der Waals surface area contributed by atoms with Gasteiger partial charge in [-0.25, -0.2) is 0 Å². The number of guanidine groups is 1. The summed E-state index contributed by atoms with van der Waals surface area (Å²) in [5.41, 5.74) is 0. The number of ether oxygens (including phenoxy) is 2. The molecule has 0 bridgehead atoms. The molecule has 0 saturated carbocycles. The second-order valence-electron chi connectivity index (χ2n) is 6.52. The van der Waals surface area contributed by atoms with Gasteiger partial charge in [-0.1, -0.05) is 0 Å². The van der Waals surface area contributed by atoms with E-state index in [-0.39, 0.29) is 24.0 Å².